The van der Waals surface area contributed by atoms with Gasteiger partial charge in [0, 0.05) is 23.1 Å². The maximum Gasteiger partial charge on any atom is 0.262 e. The summed E-state index contributed by atoms with van der Waals surface area (Å²) in [5.41, 5.74) is 4.77. The molecule has 2 N–H and O–H groups in total. The molecule has 1 aliphatic heterocycles. The van der Waals surface area contributed by atoms with Crippen molar-refractivity contribution in [1.29, 1.82) is 0 Å². The minimum atomic E-state index is -3.72. The van der Waals surface area contributed by atoms with Crippen LogP contribution >= 0.6 is 0 Å². The molecule has 0 saturated heterocycles. The standard InChI is InChI=1S/C21H20N2O4S/c1-14-3-4-18(11-15(14)2)22-16-5-7-17(8-6-16)23-28(24,25)19-9-10-20-21(12-19)27-13-26-20/h3-12,22-23H,13H2,1-2H3. The molecule has 0 spiro atoms. The first-order chi connectivity index (χ1) is 13.4. The highest BCUT2D eigenvalue weighted by atomic mass is 32.2. The summed E-state index contributed by atoms with van der Waals surface area (Å²) in [7, 11) is -3.72. The topological polar surface area (TPSA) is 76.7 Å². The van der Waals surface area contributed by atoms with Crippen LogP contribution in [-0.4, -0.2) is 15.2 Å². The Morgan fingerprint density at radius 2 is 1.43 bits per heavy atom. The van der Waals surface area contributed by atoms with Gasteiger partial charge in [-0.15, -0.1) is 0 Å². The van der Waals surface area contributed by atoms with Gasteiger partial charge in [-0.2, -0.15) is 0 Å². The van der Waals surface area contributed by atoms with E-state index in [2.05, 4.69) is 36.0 Å². The maximum absolute atomic E-state index is 12.6. The molecular weight excluding hydrogens is 376 g/mol. The second-order valence-corrected chi connectivity index (χ2v) is 8.30. The number of hydrogen-bond acceptors (Lipinski definition) is 5. The fourth-order valence-electron chi connectivity index (χ4n) is 2.87. The summed E-state index contributed by atoms with van der Waals surface area (Å²) < 4.78 is 38.3. The highest BCUT2D eigenvalue weighted by Crippen LogP contribution is 2.34. The van der Waals surface area contributed by atoms with Crippen molar-refractivity contribution in [2.45, 2.75) is 18.7 Å². The van der Waals surface area contributed by atoms with E-state index in [-0.39, 0.29) is 11.7 Å². The van der Waals surface area contributed by atoms with E-state index in [4.69, 9.17) is 9.47 Å². The van der Waals surface area contributed by atoms with Gasteiger partial charge in [0.05, 0.1) is 4.90 Å². The lowest BCUT2D eigenvalue weighted by atomic mass is 10.1. The summed E-state index contributed by atoms with van der Waals surface area (Å²) in [5.74, 6) is 0.969. The molecule has 0 bridgehead atoms. The van der Waals surface area contributed by atoms with Crippen molar-refractivity contribution in [2.75, 3.05) is 16.8 Å². The van der Waals surface area contributed by atoms with Crippen LogP contribution in [0.15, 0.2) is 65.6 Å². The predicted molar refractivity (Wildman–Crippen MR) is 109 cm³/mol. The van der Waals surface area contributed by atoms with E-state index in [1.54, 1.807) is 18.2 Å². The summed E-state index contributed by atoms with van der Waals surface area (Å²) in [5, 5.41) is 3.31. The van der Waals surface area contributed by atoms with Gasteiger partial charge in [-0.05, 0) is 73.5 Å². The third-order valence-corrected chi connectivity index (χ3v) is 5.97. The van der Waals surface area contributed by atoms with Gasteiger partial charge in [0.1, 0.15) is 0 Å². The van der Waals surface area contributed by atoms with Crippen LogP contribution in [0.1, 0.15) is 11.1 Å². The van der Waals surface area contributed by atoms with E-state index in [0.29, 0.717) is 17.2 Å². The average molecular weight is 396 g/mol. The first-order valence-electron chi connectivity index (χ1n) is 8.77. The lowest BCUT2D eigenvalue weighted by molar-refractivity contribution is 0.174. The Balaban J connectivity index is 1.48. The zero-order valence-electron chi connectivity index (χ0n) is 15.5. The van der Waals surface area contributed by atoms with Crippen LogP contribution in [0.3, 0.4) is 0 Å². The number of ether oxygens (including phenoxy) is 2. The highest BCUT2D eigenvalue weighted by molar-refractivity contribution is 7.92. The van der Waals surface area contributed by atoms with Crippen molar-refractivity contribution in [3.63, 3.8) is 0 Å². The van der Waals surface area contributed by atoms with E-state index >= 15 is 0 Å². The molecule has 0 fully saturated rings. The molecule has 0 radical (unpaired) electrons. The van der Waals surface area contributed by atoms with Crippen molar-refractivity contribution >= 4 is 27.1 Å². The van der Waals surface area contributed by atoms with Gasteiger partial charge in [0.2, 0.25) is 6.79 Å². The van der Waals surface area contributed by atoms with Crippen molar-refractivity contribution in [3.05, 3.63) is 71.8 Å². The van der Waals surface area contributed by atoms with Gasteiger partial charge in [-0.25, -0.2) is 8.42 Å². The Bertz CT molecular complexity index is 1130. The highest BCUT2D eigenvalue weighted by Gasteiger charge is 2.20. The first kappa shape index (κ1) is 18.2. The molecule has 4 rings (SSSR count). The van der Waals surface area contributed by atoms with Gasteiger partial charge in [-0.1, -0.05) is 6.07 Å². The maximum atomic E-state index is 12.6. The Labute approximate surface area is 164 Å². The number of sulfonamides is 1. The van der Waals surface area contributed by atoms with E-state index in [0.717, 1.165) is 11.4 Å². The minimum absolute atomic E-state index is 0.0984. The molecule has 6 nitrogen and oxygen atoms in total. The van der Waals surface area contributed by atoms with E-state index in [1.165, 1.54) is 23.3 Å². The Hall–Kier alpha value is -3.19. The number of benzene rings is 3. The van der Waals surface area contributed by atoms with Gasteiger partial charge < -0.3 is 14.8 Å². The largest absolute Gasteiger partial charge is 0.454 e. The number of anilines is 3. The molecule has 7 heteroatoms. The molecule has 0 unspecified atom stereocenters. The van der Waals surface area contributed by atoms with Crippen LogP contribution in [0.5, 0.6) is 11.5 Å². The zero-order chi connectivity index (χ0) is 19.7. The van der Waals surface area contributed by atoms with Gasteiger partial charge in [-0.3, -0.25) is 4.72 Å². The van der Waals surface area contributed by atoms with E-state index in [1.807, 2.05) is 18.2 Å². The number of hydrogen-bond donors (Lipinski definition) is 2. The van der Waals surface area contributed by atoms with Crippen molar-refractivity contribution in [3.8, 4) is 11.5 Å². The Kier molecular flexibility index (Phi) is 4.60. The molecule has 1 heterocycles. The zero-order valence-corrected chi connectivity index (χ0v) is 16.3. The van der Waals surface area contributed by atoms with Gasteiger partial charge in [0.15, 0.2) is 11.5 Å². The van der Waals surface area contributed by atoms with Crippen LogP contribution in [0, 0.1) is 13.8 Å². The van der Waals surface area contributed by atoms with Crippen molar-refractivity contribution < 1.29 is 17.9 Å². The second-order valence-electron chi connectivity index (χ2n) is 6.62. The summed E-state index contributed by atoms with van der Waals surface area (Å²) in [4.78, 5) is 0.120. The van der Waals surface area contributed by atoms with Crippen LogP contribution in [0.4, 0.5) is 17.1 Å². The lowest BCUT2D eigenvalue weighted by Crippen LogP contribution is -2.12. The quantitative estimate of drug-likeness (QED) is 0.660. The van der Waals surface area contributed by atoms with E-state index < -0.39 is 10.0 Å². The first-order valence-corrected chi connectivity index (χ1v) is 10.3. The fourth-order valence-corrected chi connectivity index (χ4v) is 3.94. The number of rotatable bonds is 5. The fraction of sp³-hybridized carbons (Fsp3) is 0.143. The summed E-state index contributed by atoms with van der Waals surface area (Å²) >= 11 is 0. The summed E-state index contributed by atoms with van der Waals surface area (Å²) in [6.07, 6.45) is 0. The number of aryl methyl sites for hydroxylation is 2. The predicted octanol–water partition coefficient (Wildman–Crippen LogP) is 4.58. The molecular formula is C21H20N2O4S. The number of nitrogens with one attached hydrogen (secondary N) is 2. The molecule has 3 aromatic rings. The smallest absolute Gasteiger partial charge is 0.262 e. The third kappa shape index (κ3) is 3.75. The monoisotopic (exact) mass is 396 g/mol. The molecule has 0 amide bonds. The molecule has 3 aromatic carbocycles. The van der Waals surface area contributed by atoms with Gasteiger partial charge >= 0.3 is 0 Å². The average Bonchev–Trinajstić information content (AvgIpc) is 3.14. The van der Waals surface area contributed by atoms with Crippen LogP contribution in [0.25, 0.3) is 0 Å². The van der Waals surface area contributed by atoms with Gasteiger partial charge in [0.25, 0.3) is 10.0 Å². The molecule has 144 valence electrons. The summed E-state index contributed by atoms with van der Waals surface area (Å²) in [6, 6.07) is 17.8. The van der Waals surface area contributed by atoms with Crippen LogP contribution in [0.2, 0.25) is 0 Å². The molecule has 0 aliphatic carbocycles. The normalized spacial score (nSPS) is 12.6. The SMILES string of the molecule is Cc1ccc(Nc2ccc(NS(=O)(=O)c3ccc4c(c3)OCO4)cc2)cc1C. The van der Waals surface area contributed by atoms with E-state index in [9.17, 15) is 8.42 Å². The van der Waals surface area contributed by atoms with Crippen molar-refractivity contribution in [1.82, 2.24) is 0 Å². The second kappa shape index (κ2) is 7.09. The molecule has 0 saturated carbocycles. The molecule has 0 atom stereocenters. The molecule has 28 heavy (non-hydrogen) atoms. The molecule has 1 aliphatic rings. The van der Waals surface area contributed by atoms with Crippen molar-refractivity contribution in [2.24, 2.45) is 0 Å². The third-order valence-electron chi connectivity index (χ3n) is 4.59. The summed E-state index contributed by atoms with van der Waals surface area (Å²) in [6.45, 7) is 4.23. The number of fused-ring (bicyclic) bond motifs is 1. The van der Waals surface area contributed by atoms with Crippen LogP contribution < -0.4 is 19.5 Å². The van der Waals surface area contributed by atoms with Crippen LogP contribution in [-0.2, 0) is 10.0 Å². The Morgan fingerprint density at radius 1 is 0.750 bits per heavy atom. The lowest BCUT2D eigenvalue weighted by Gasteiger charge is -2.11. The minimum Gasteiger partial charge on any atom is -0.454 e. The Morgan fingerprint density at radius 3 is 2.18 bits per heavy atom. The molecule has 0 aromatic heterocycles.